The quantitative estimate of drug-likeness (QED) is 0.850. The Morgan fingerprint density at radius 1 is 1.04 bits per heavy atom. The Morgan fingerprint density at radius 2 is 1.71 bits per heavy atom. The molecule has 2 fully saturated rings. The van der Waals surface area contributed by atoms with Crippen LogP contribution in [0, 0.1) is 5.92 Å². The number of halogens is 3. The fourth-order valence-electron chi connectivity index (χ4n) is 3.88. The van der Waals surface area contributed by atoms with Crippen molar-refractivity contribution in [2.75, 3.05) is 37.6 Å². The average Bonchev–Trinajstić information content (AvgIpc) is 2.72. The third kappa shape index (κ3) is 5.17. The second-order valence-electron chi connectivity index (χ2n) is 7.47. The highest BCUT2D eigenvalue weighted by Crippen LogP contribution is 2.31. The zero-order chi connectivity index (χ0) is 20.1. The largest absolute Gasteiger partial charge is 0.416 e. The van der Waals surface area contributed by atoms with Crippen LogP contribution in [0.5, 0.6) is 0 Å². The van der Waals surface area contributed by atoms with Gasteiger partial charge in [-0.25, -0.2) is 0 Å². The summed E-state index contributed by atoms with van der Waals surface area (Å²) in [6.07, 6.45) is 0.682. The minimum atomic E-state index is -4.37. The standard InChI is InChI=1S/C20H26F3N3O2/c21-20(22,23)16-7-4-8-17(13-16)25-9-11-26(12-10-25)18(27)14-24-19(28)15-5-2-1-3-6-15/h4,7-8,13,15H,1-3,5-6,9-12,14H2,(H,24,28). The molecule has 0 bridgehead atoms. The predicted octanol–water partition coefficient (Wildman–Crippen LogP) is 3.05. The van der Waals surface area contributed by atoms with Gasteiger partial charge < -0.3 is 15.1 Å². The lowest BCUT2D eigenvalue weighted by Gasteiger charge is -2.36. The average molecular weight is 397 g/mol. The van der Waals surface area contributed by atoms with E-state index in [4.69, 9.17) is 0 Å². The summed E-state index contributed by atoms with van der Waals surface area (Å²) in [4.78, 5) is 28.0. The summed E-state index contributed by atoms with van der Waals surface area (Å²) in [6, 6.07) is 5.24. The molecule has 1 aliphatic carbocycles. The second kappa shape index (κ2) is 8.84. The van der Waals surface area contributed by atoms with Gasteiger partial charge in [-0.15, -0.1) is 0 Å². The van der Waals surface area contributed by atoms with Crippen molar-refractivity contribution >= 4 is 17.5 Å². The summed E-state index contributed by atoms with van der Waals surface area (Å²) in [7, 11) is 0. The molecule has 5 nitrogen and oxygen atoms in total. The first-order valence-corrected chi connectivity index (χ1v) is 9.82. The van der Waals surface area contributed by atoms with Crippen LogP contribution < -0.4 is 10.2 Å². The first kappa shape index (κ1) is 20.5. The van der Waals surface area contributed by atoms with E-state index in [0.717, 1.165) is 37.8 Å². The van der Waals surface area contributed by atoms with Gasteiger partial charge >= 0.3 is 6.18 Å². The molecular weight excluding hydrogens is 371 g/mol. The number of amides is 2. The zero-order valence-corrected chi connectivity index (χ0v) is 15.8. The maximum atomic E-state index is 12.9. The van der Waals surface area contributed by atoms with Gasteiger partial charge in [-0.3, -0.25) is 9.59 Å². The Balaban J connectivity index is 1.47. The number of anilines is 1. The van der Waals surface area contributed by atoms with Crippen molar-refractivity contribution < 1.29 is 22.8 Å². The Labute approximate surface area is 162 Å². The fraction of sp³-hybridized carbons (Fsp3) is 0.600. The Morgan fingerprint density at radius 3 is 2.36 bits per heavy atom. The van der Waals surface area contributed by atoms with Crippen LogP contribution in [0.4, 0.5) is 18.9 Å². The normalized spacial score (nSPS) is 18.8. The first-order chi connectivity index (χ1) is 13.3. The van der Waals surface area contributed by atoms with Crippen molar-refractivity contribution in [1.29, 1.82) is 0 Å². The number of carbonyl (C=O) groups excluding carboxylic acids is 2. The Hall–Kier alpha value is -2.25. The second-order valence-corrected chi connectivity index (χ2v) is 7.47. The number of nitrogens with zero attached hydrogens (tertiary/aromatic N) is 2. The van der Waals surface area contributed by atoms with Crippen molar-refractivity contribution in [1.82, 2.24) is 10.2 Å². The molecule has 1 N–H and O–H groups in total. The molecule has 8 heteroatoms. The minimum Gasteiger partial charge on any atom is -0.368 e. The number of carbonyl (C=O) groups is 2. The van der Waals surface area contributed by atoms with Gasteiger partial charge in [0.05, 0.1) is 12.1 Å². The van der Waals surface area contributed by atoms with E-state index in [2.05, 4.69) is 5.32 Å². The number of hydrogen-bond donors (Lipinski definition) is 1. The molecule has 2 aliphatic rings. The molecule has 3 rings (SSSR count). The van der Waals surface area contributed by atoms with Crippen molar-refractivity contribution in [3.8, 4) is 0 Å². The minimum absolute atomic E-state index is 0.0132. The van der Waals surface area contributed by atoms with E-state index in [9.17, 15) is 22.8 Å². The number of benzene rings is 1. The maximum absolute atomic E-state index is 12.9. The predicted molar refractivity (Wildman–Crippen MR) is 99.8 cm³/mol. The van der Waals surface area contributed by atoms with Gasteiger partial charge in [0.15, 0.2) is 0 Å². The topological polar surface area (TPSA) is 52.7 Å². The summed E-state index contributed by atoms with van der Waals surface area (Å²) < 4.78 is 38.6. The number of nitrogens with one attached hydrogen (secondary N) is 1. The number of piperazine rings is 1. The molecule has 0 atom stereocenters. The van der Waals surface area contributed by atoms with Gasteiger partial charge in [-0.05, 0) is 31.0 Å². The van der Waals surface area contributed by atoms with Crippen LogP contribution in [0.1, 0.15) is 37.7 Å². The van der Waals surface area contributed by atoms with Crippen LogP contribution in [0.25, 0.3) is 0 Å². The third-order valence-electron chi connectivity index (χ3n) is 5.56. The summed E-state index contributed by atoms with van der Waals surface area (Å²) in [5, 5.41) is 2.75. The smallest absolute Gasteiger partial charge is 0.368 e. The van der Waals surface area contributed by atoms with Crippen LogP contribution in [0.15, 0.2) is 24.3 Å². The molecule has 1 aromatic rings. The zero-order valence-electron chi connectivity index (χ0n) is 15.8. The lowest BCUT2D eigenvalue weighted by atomic mass is 9.89. The summed E-state index contributed by atoms with van der Waals surface area (Å²) in [5.74, 6) is -0.178. The van der Waals surface area contributed by atoms with E-state index in [1.165, 1.54) is 12.5 Å². The number of alkyl halides is 3. The molecule has 28 heavy (non-hydrogen) atoms. The molecule has 0 radical (unpaired) electrons. The van der Waals surface area contributed by atoms with Gasteiger partial charge in [-0.2, -0.15) is 13.2 Å². The molecule has 0 aromatic heterocycles. The monoisotopic (exact) mass is 397 g/mol. The van der Waals surface area contributed by atoms with Crippen molar-refractivity contribution in [3.63, 3.8) is 0 Å². The van der Waals surface area contributed by atoms with Crippen LogP contribution in [-0.2, 0) is 15.8 Å². The fourth-order valence-corrected chi connectivity index (χ4v) is 3.88. The van der Waals surface area contributed by atoms with Crippen LogP contribution in [0.2, 0.25) is 0 Å². The molecule has 1 aliphatic heterocycles. The highest BCUT2D eigenvalue weighted by molar-refractivity contribution is 5.86. The summed E-state index contributed by atoms with van der Waals surface area (Å²) in [6.45, 7) is 1.76. The van der Waals surface area contributed by atoms with Crippen LogP contribution >= 0.6 is 0 Å². The van der Waals surface area contributed by atoms with Crippen molar-refractivity contribution in [2.24, 2.45) is 5.92 Å². The van der Waals surface area contributed by atoms with Crippen LogP contribution in [-0.4, -0.2) is 49.4 Å². The van der Waals surface area contributed by atoms with Gasteiger partial charge in [0.25, 0.3) is 0 Å². The summed E-state index contributed by atoms with van der Waals surface area (Å²) in [5.41, 5.74) is -0.165. The molecule has 1 saturated heterocycles. The highest BCUT2D eigenvalue weighted by Gasteiger charge is 2.31. The van der Waals surface area contributed by atoms with Crippen molar-refractivity contribution in [2.45, 2.75) is 38.3 Å². The number of hydrogen-bond acceptors (Lipinski definition) is 3. The third-order valence-corrected chi connectivity index (χ3v) is 5.56. The maximum Gasteiger partial charge on any atom is 0.416 e. The Bertz CT molecular complexity index is 694. The number of rotatable bonds is 4. The lowest BCUT2D eigenvalue weighted by molar-refractivity contribution is -0.137. The first-order valence-electron chi connectivity index (χ1n) is 9.82. The molecule has 0 unspecified atom stereocenters. The van der Waals surface area contributed by atoms with Gasteiger partial charge in [0.2, 0.25) is 11.8 Å². The van der Waals surface area contributed by atoms with Crippen LogP contribution in [0.3, 0.4) is 0 Å². The molecule has 1 saturated carbocycles. The van der Waals surface area contributed by atoms with E-state index in [-0.39, 0.29) is 24.3 Å². The van der Waals surface area contributed by atoms with E-state index >= 15 is 0 Å². The highest BCUT2D eigenvalue weighted by atomic mass is 19.4. The molecular formula is C20H26F3N3O2. The SMILES string of the molecule is O=C(NCC(=O)N1CCN(c2cccc(C(F)(F)F)c2)CC1)C1CCCCC1. The molecule has 0 spiro atoms. The molecule has 2 amide bonds. The Kier molecular flexibility index (Phi) is 6.46. The summed E-state index contributed by atoms with van der Waals surface area (Å²) >= 11 is 0. The van der Waals surface area contributed by atoms with Crippen molar-refractivity contribution in [3.05, 3.63) is 29.8 Å². The van der Waals surface area contributed by atoms with E-state index < -0.39 is 11.7 Å². The van der Waals surface area contributed by atoms with E-state index in [1.54, 1.807) is 11.0 Å². The van der Waals surface area contributed by atoms with Gasteiger partial charge in [-0.1, -0.05) is 25.3 Å². The molecule has 1 heterocycles. The van der Waals surface area contributed by atoms with E-state index in [0.29, 0.717) is 31.9 Å². The van der Waals surface area contributed by atoms with Gasteiger partial charge in [0.1, 0.15) is 0 Å². The molecule has 154 valence electrons. The lowest BCUT2D eigenvalue weighted by Crippen LogP contribution is -2.51. The van der Waals surface area contributed by atoms with E-state index in [1.807, 2.05) is 4.90 Å². The van der Waals surface area contributed by atoms with Gasteiger partial charge in [0, 0.05) is 37.8 Å². The molecule has 1 aromatic carbocycles.